The quantitative estimate of drug-likeness (QED) is 0.576. The second-order valence-corrected chi connectivity index (χ2v) is 3.95. The number of carbonyl (C=O) groups excluding carboxylic acids is 2. The van der Waals surface area contributed by atoms with Crippen LogP contribution in [0.2, 0.25) is 0 Å². The van der Waals surface area contributed by atoms with Crippen LogP contribution in [-0.2, 0) is 18.9 Å². The van der Waals surface area contributed by atoms with Crippen LogP contribution in [0.1, 0.15) is 0 Å². The minimum absolute atomic E-state index is 0.125. The van der Waals surface area contributed by atoms with Crippen LogP contribution in [0, 0.1) is 0 Å². The fourth-order valence-corrected chi connectivity index (χ4v) is 1.50. The molecule has 1 fully saturated rings. The zero-order valence-electron chi connectivity index (χ0n) is 8.19. The highest BCUT2D eigenvalue weighted by Gasteiger charge is 2.30. The summed E-state index contributed by atoms with van der Waals surface area (Å²) in [6.07, 6.45) is 1.85. The van der Waals surface area contributed by atoms with Gasteiger partial charge >= 0.3 is 19.1 Å². The van der Waals surface area contributed by atoms with Gasteiger partial charge in [-0.2, -0.15) is 11.8 Å². The smallest absolute Gasteiger partial charge is 0.498 e. The molecular weight excluding hydrogens is 205 g/mol. The Balaban J connectivity index is 2.55. The normalized spacial score (nSPS) is 19.7. The van der Waals surface area contributed by atoms with Crippen LogP contribution in [0.15, 0.2) is 0 Å². The molecule has 0 aromatic carbocycles. The van der Waals surface area contributed by atoms with E-state index in [0.717, 1.165) is 0 Å². The van der Waals surface area contributed by atoms with Crippen LogP contribution < -0.4 is 0 Å². The van der Waals surface area contributed by atoms with Gasteiger partial charge in [0, 0.05) is 0 Å². The molecule has 0 aromatic rings. The molecule has 1 saturated heterocycles. The van der Waals surface area contributed by atoms with E-state index in [4.69, 9.17) is 9.31 Å². The Hall–Kier alpha value is -0.685. The van der Waals surface area contributed by atoms with Crippen LogP contribution in [0.3, 0.4) is 0 Å². The lowest BCUT2D eigenvalue weighted by Gasteiger charge is -2.22. The molecule has 1 heterocycles. The molecule has 7 heteroatoms. The molecule has 1 aliphatic rings. The predicted molar refractivity (Wildman–Crippen MR) is 53.8 cm³/mol. The lowest BCUT2D eigenvalue weighted by molar-refractivity contribution is -0.145. The highest BCUT2D eigenvalue weighted by atomic mass is 32.2. The summed E-state index contributed by atoms with van der Waals surface area (Å²) in [5.41, 5.74) is 0.473. The molecule has 0 spiro atoms. The molecule has 5 nitrogen and oxygen atoms in total. The second kappa shape index (κ2) is 5.26. The van der Waals surface area contributed by atoms with Crippen molar-refractivity contribution in [3.05, 3.63) is 0 Å². The molecule has 0 saturated carbocycles. The van der Waals surface area contributed by atoms with Crippen molar-refractivity contribution in [3.63, 3.8) is 0 Å². The second-order valence-electron chi connectivity index (χ2n) is 3.04. The summed E-state index contributed by atoms with van der Waals surface area (Å²) in [5, 5.41) is 0. The summed E-state index contributed by atoms with van der Waals surface area (Å²) in [4.78, 5) is 23.9. The van der Waals surface area contributed by atoms with Gasteiger partial charge < -0.3 is 9.31 Å². The number of thioether (sulfide) groups is 1. The van der Waals surface area contributed by atoms with Crippen LogP contribution in [-0.4, -0.2) is 56.0 Å². The summed E-state index contributed by atoms with van der Waals surface area (Å²) in [6.45, 7) is 0.250. The Morgan fingerprint density at radius 2 is 1.86 bits per heavy atom. The Bertz CT molecular complexity index is 218. The maximum Gasteiger partial charge on any atom is 0.609 e. The molecule has 0 aromatic heterocycles. The van der Waals surface area contributed by atoms with E-state index in [9.17, 15) is 9.59 Å². The monoisotopic (exact) mass is 217 g/mol. The first-order valence-electron chi connectivity index (χ1n) is 4.18. The number of carbonyl (C=O) groups is 2. The van der Waals surface area contributed by atoms with Gasteiger partial charge in [0.1, 0.15) is 0 Å². The van der Waals surface area contributed by atoms with E-state index < -0.39 is 7.12 Å². The van der Waals surface area contributed by atoms with Gasteiger partial charge in [0.05, 0.1) is 18.7 Å². The molecule has 1 rings (SSSR count). The lowest BCUT2D eigenvalue weighted by atomic mass is 9.94. The summed E-state index contributed by atoms with van der Waals surface area (Å²) < 4.78 is 9.86. The van der Waals surface area contributed by atoms with E-state index >= 15 is 0 Å². The fraction of sp³-hybridized carbons (Fsp3) is 0.714. The zero-order valence-corrected chi connectivity index (χ0v) is 9.00. The summed E-state index contributed by atoms with van der Waals surface area (Å²) >= 11 is 1.46. The van der Waals surface area contributed by atoms with Crippen molar-refractivity contribution in [1.82, 2.24) is 4.90 Å². The number of hydrogen-bond acceptors (Lipinski definition) is 6. The molecule has 14 heavy (non-hydrogen) atoms. The van der Waals surface area contributed by atoms with Gasteiger partial charge in [-0.3, -0.25) is 14.5 Å². The van der Waals surface area contributed by atoms with Gasteiger partial charge in [-0.05, 0) is 13.3 Å². The van der Waals surface area contributed by atoms with Crippen molar-refractivity contribution in [3.8, 4) is 0 Å². The van der Waals surface area contributed by atoms with Crippen molar-refractivity contribution in [1.29, 1.82) is 0 Å². The van der Waals surface area contributed by atoms with Gasteiger partial charge in [0.2, 0.25) is 0 Å². The van der Waals surface area contributed by atoms with Crippen LogP contribution >= 0.6 is 11.8 Å². The number of likely N-dealkylation sites (N-methyl/N-ethyl adjacent to an activating group) is 1. The predicted octanol–water partition coefficient (Wildman–Crippen LogP) is -0.591. The molecule has 0 amide bonds. The molecule has 0 radical (unpaired) electrons. The summed E-state index contributed by atoms with van der Waals surface area (Å²) in [5.74, 6) is -0.724. The number of rotatable bonds is 2. The molecule has 78 valence electrons. The Morgan fingerprint density at radius 1 is 1.36 bits per heavy atom. The van der Waals surface area contributed by atoms with E-state index in [2.05, 4.69) is 0 Å². The average Bonchev–Trinajstić information content (AvgIpc) is 2.00. The van der Waals surface area contributed by atoms with Gasteiger partial charge in [-0.25, -0.2) is 0 Å². The average molecular weight is 217 g/mol. The molecule has 0 atom stereocenters. The minimum atomic E-state index is -0.737. The summed E-state index contributed by atoms with van der Waals surface area (Å²) in [6, 6.07) is 0. The molecular formula is C7H12BNO4S. The van der Waals surface area contributed by atoms with Crippen molar-refractivity contribution in [2.24, 2.45) is 0 Å². The Kier molecular flexibility index (Phi) is 4.28. The third kappa shape index (κ3) is 3.59. The van der Waals surface area contributed by atoms with Crippen molar-refractivity contribution in [2.75, 3.05) is 32.0 Å². The SMILES string of the molecule is CSCB1OC(=O)CN(C)CC(=O)O1. The van der Waals surface area contributed by atoms with Gasteiger partial charge in [-0.15, -0.1) is 0 Å². The molecule has 0 aliphatic carbocycles. The van der Waals surface area contributed by atoms with Gasteiger partial charge in [0.15, 0.2) is 0 Å². The third-order valence-electron chi connectivity index (χ3n) is 1.63. The van der Waals surface area contributed by atoms with Crippen molar-refractivity contribution >= 4 is 30.8 Å². The van der Waals surface area contributed by atoms with Crippen LogP contribution in [0.4, 0.5) is 0 Å². The van der Waals surface area contributed by atoms with Gasteiger partial charge in [0.25, 0.3) is 0 Å². The standard InChI is InChI=1S/C7H12BNO4S/c1-9-3-6(10)12-8(5-14-2)13-7(11)4-9/h3-5H2,1-2H3. The first kappa shape index (κ1) is 11.4. The first-order chi connectivity index (χ1) is 6.61. The largest absolute Gasteiger partial charge is 0.609 e. The van der Waals surface area contributed by atoms with Crippen molar-refractivity contribution in [2.45, 2.75) is 0 Å². The number of nitrogens with zero attached hydrogens (tertiary/aromatic N) is 1. The Morgan fingerprint density at radius 3 is 2.29 bits per heavy atom. The molecule has 0 N–H and O–H groups in total. The fourth-order valence-electron chi connectivity index (χ4n) is 1.09. The van der Waals surface area contributed by atoms with E-state index in [-0.39, 0.29) is 25.0 Å². The maximum absolute atomic E-state index is 11.2. The first-order valence-corrected chi connectivity index (χ1v) is 5.57. The minimum Gasteiger partial charge on any atom is -0.498 e. The third-order valence-corrected chi connectivity index (χ3v) is 2.23. The Labute approximate surface area is 87.2 Å². The van der Waals surface area contributed by atoms with Crippen LogP contribution in [0.25, 0.3) is 0 Å². The summed E-state index contributed by atoms with van der Waals surface area (Å²) in [7, 11) is 0.927. The van der Waals surface area contributed by atoms with E-state index in [1.165, 1.54) is 11.8 Å². The topological polar surface area (TPSA) is 55.8 Å². The maximum atomic E-state index is 11.2. The molecule has 0 unspecified atom stereocenters. The van der Waals surface area contributed by atoms with Crippen LogP contribution in [0.5, 0.6) is 0 Å². The van der Waals surface area contributed by atoms with Gasteiger partial charge in [-0.1, -0.05) is 0 Å². The van der Waals surface area contributed by atoms with E-state index in [1.807, 2.05) is 6.26 Å². The van der Waals surface area contributed by atoms with Crippen molar-refractivity contribution < 1.29 is 18.9 Å². The lowest BCUT2D eigenvalue weighted by Crippen LogP contribution is -2.43. The zero-order chi connectivity index (χ0) is 10.6. The highest BCUT2D eigenvalue weighted by Crippen LogP contribution is 2.04. The highest BCUT2D eigenvalue weighted by molar-refractivity contribution is 7.99. The van der Waals surface area contributed by atoms with E-state index in [0.29, 0.717) is 5.65 Å². The molecule has 1 aliphatic heterocycles. The molecule has 0 bridgehead atoms. The van der Waals surface area contributed by atoms with E-state index in [1.54, 1.807) is 11.9 Å². The number of hydrogen-bond donors (Lipinski definition) is 0.